The van der Waals surface area contributed by atoms with Crippen LogP contribution in [-0.4, -0.2) is 21.3 Å². The summed E-state index contributed by atoms with van der Waals surface area (Å²) in [4.78, 5) is 21.5. The molecule has 0 aromatic carbocycles. The molecule has 4 nitrogen and oxygen atoms in total. The zero-order chi connectivity index (χ0) is 9.57. The Hall–Kier alpha value is -0.190. The third kappa shape index (κ3) is 1.46. The molecule has 0 aromatic heterocycles. The van der Waals surface area contributed by atoms with Crippen LogP contribution in [0.4, 0.5) is 0 Å². The van der Waals surface area contributed by atoms with E-state index in [2.05, 4.69) is 10.6 Å². The number of alkyl halides is 3. The SMILES string of the molecule is CC1(C(Cl)(Cl)Cl)NC(=O)C(=O)N1. The van der Waals surface area contributed by atoms with Crippen molar-refractivity contribution in [3.8, 4) is 0 Å². The molecular formula is C5H5Cl3N2O2. The lowest BCUT2D eigenvalue weighted by Crippen LogP contribution is -2.57. The minimum atomic E-state index is -1.77. The van der Waals surface area contributed by atoms with Crippen molar-refractivity contribution >= 4 is 46.6 Å². The fourth-order valence-corrected chi connectivity index (χ4v) is 1.02. The largest absolute Gasteiger partial charge is 0.322 e. The molecule has 1 aliphatic heterocycles. The quantitative estimate of drug-likeness (QED) is 0.466. The maximum atomic E-state index is 10.7. The van der Waals surface area contributed by atoms with Gasteiger partial charge in [0.25, 0.3) is 0 Å². The van der Waals surface area contributed by atoms with E-state index >= 15 is 0 Å². The summed E-state index contributed by atoms with van der Waals surface area (Å²) in [6.45, 7) is 1.41. The average molecular weight is 231 g/mol. The Kier molecular flexibility index (Phi) is 2.19. The molecular weight excluding hydrogens is 226 g/mol. The van der Waals surface area contributed by atoms with Crippen LogP contribution in [0.25, 0.3) is 0 Å². The maximum Gasteiger partial charge on any atom is 0.311 e. The lowest BCUT2D eigenvalue weighted by atomic mass is 10.2. The van der Waals surface area contributed by atoms with Crippen molar-refractivity contribution in [3.05, 3.63) is 0 Å². The number of amides is 2. The van der Waals surface area contributed by atoms with E-state index < -0.39 is 21.3 Å². The summed E-state index contributed by atoms with van der Waals surface area (Å²) in [5, 5.41) is 4.45. The first-order valence-electron chi connectivity index (χ1n) is 2.98. The van der Waals surface area contributed by atoms with Crippen LogP contribution >= 0.6 is 34.8 Å². The van der Waals surface area contributed by atoms with Crippen LogP contribution < -0.4 is 10.6 Å². The number of carbonyl (C=O) groups is 2. The molecule has 0 aromatic rings. The van der Waals surface area contributed by atoms with E-state index in [0.29, 0.717) is 0 Å². The van der Waals surface area contributed by atoms with Crippen LogP contribution in [-0.2, 0) is 9.59 Å². The first kappa shape index (κ1) is 9.89. The van der Waals surface area contributed by atoms with E-state index in [1.54, 1.807) is 0 Å². The molecule has 12 heavy (non-hydrogen) atoms. The zero-order valence-electron chi connectivity index (χ0n) is 5.95. The van der Waals surface area contributed by atoms with Gasteiger partial charge in [-0.1, -0.05) is 34.8 Å². The third-order valence-electron chi connectivity index (χ3n) is 1.50. The van der Waals surface area contributed by atoms with Gasteiger partial charge in [0.05, 0.1) is 0 Å². The second-order valence-corrected chi connectivity index (χ2v) is 4.81. The molecule has 2 amide bonds. The molecule has 0 bridgehead atoms. The van der Waals surface area contributed by atoms with Gasteiger partial charge in [0.2, 0.25) is 3.79 Å². The van der Waals surface area contributed by atoms with Crippen molar-refractivity contribution < 1.29 is 9.59 Å². The van der Waals surface area contributed by atoms with E-state index in [4.69, 9.17) is 34.8 Å². The zero-order valence-corrected chi connectivity index (χ0v) is 8.22. The summed E-state index contributed by atoms with van der Waals surface area (Å²) in [5.74, 6) is -1.60. The van der Waals surface area contributed by atoms with Crippen LogP contribution in [0.3, 0.4) is 0 Å². The van der Waals surface area contributed by atoms with Crippen molar-refractivity contribution in [1.29, 1.82) is 0 Å². The highest BCUT2D eigenvalue weighted by molar-refractivity contribution is 6.69. The van der Waals surface area contributed by atoms with E-state index in [1.165, 1.54) is 6.92 Å². The van der Waals surface area contributed by atoms with E-state index in [9.17, 15) is 9.59 Å². The lowest BCUT2D eigenvalue weighted by molar-refractivity contribution is -0.135. The van der Waals surface area contributed by atoms with Crippen molar-refractivity contribution in [2.24, 2.45) is 0 Å². The highest BCUT2D eigenvalue weighted by atomic mass is 35.6. The average Bonchev–Trinajstić information content (AvgIpc) is 2.06. The topological polar surface area (TPSA) is 58.2 Å². The van der Waals surface area contributed by atoms with Gasteiger partial charge in [0, 0.05) is 0 Å². The second-order valence-electron chi connectivity index (χ2n) is 2.53. The molecule has 1 fully saturated rings. The number of halogens is 3. The fraction of sp³-hybridized carbons (Fsp3) is 0.600. The van der Waals surface area contributed by atoms with E-state index in [1.807, 2.05) is 0 Å². The Morgan fingerprint density at radius 1 is 1.17 bits per heavy atom. The van der Waals surface area contributed by atoms with Crippen LogP contribution in [0.1, 0.15) is 6.92 Å². The summed E-state index contributed by atoms with van der Waals surface area (Å²) in [7, 11) is 0. The lowest BCUT2D eigenvalue weighted by Gasteiger charge is -2.30. The predicted molar refractivity (Wildman–Crippen MR) is 45.0 cm³/mol. The van der Waals surface area contributed by atoms with Gasteiger partial charge in [-0.15, -0.1) is 0 Å². The van der Waals surface area contributed by atoms with Crippen LogP contribution in [0.2, 0.25) is 0 Å². The summed E-state index contributed by atoms with van der Waals surface area (Å²) in [6, 6.07) is 0. The van der Waals surface area contributed by atoms with Gasteiger partial charge in [0.1, 0.15) is 0 Å². The minimum absolute atomic E-state index is 0.802. The first-order chi connectivity index (χ1) is 5.26. The van der Waals surface area contributed by atoms with Crippen molar-refractivity contribution in [2.45, 2.75) is 16.4 Å². The predicted octanol–water partition coefficient (Wildman–Crippen LogP) is 0.319. The van der Waals surface area contributed by atoms with E-state index in [-0.39, 0.29) is 0 Å². The van der Waals surface area contributed by atoms with Crippen LogP contribution in [0.15, 0.2) is 0 Å². The molecule has 0 unspecified atom stereocenters. The summed E-state index contributed by atoms with van der Waals surface area (Å²) < 4.78 is -1.77. The highest BCUT2D eigenvalue weighted by Crippen LogP contribution is 2.37. The normalized spacial score (nSPS) is 22.0. The Bertz CT molecular complexity index is 232. The monoisotopic (exact) mass is 230 g/mol. The summed E-state index contributed by atoms with van der Waals surface area (Å²) in [5.41, 5.74) is -1.33. The van der Waals surface area contributed by atoms with Gasteiger partial charge >= 0.3 is 11.8 Å². The molecule has 0 aliphatic carbocycles. The Labute approximate surface area is 83.5 Å². The van der Waals surface area contributed by atoms with Gasteiger partial charge in [-0.25, -0.2) is 0 Å². The molecule has 0 atom stereocenters. The Morgan fingerprint density at radius 3 is 1.67 bits per heavy atom. The van der Waals surface area contributed by atoms with Gasteiger partial charge in [-0.3, -0.25) is 9.59 Å². The molecule has 1 aliphatic rings. The van der Waals surface area contributed by atoms with Gasteiger partial charge in [-0.05, 0) is 6.92 Å². The number of nitrogens with one attached hydrogen (secondary N) is 2. The third-order valence-corrected chi connectivity index (χ3v) is 2.63. The fourth-order valence-electron chi connectivity index (χ4n) is 0.741. The maximum absolute atomic E-state index is 10.7. The summed E-state index contributed by atoms with van der Waals surface area (Å²) >= 11 is 16.5. The number of hydrogen-bond donors (Lipinski definition) is 2. The van der Waals surface area contributed by atoms with Crippen molar-refractivity contribution in [2.75, 3.05) is 0 Å². The number of hydrogen-bond acceptors (Lipinski definition) is 2. The molecule has 68 valence electrons. The van der Waals surface area contributed by atoms with Gasteiger partial charge in [0.15, 0.2) is 5.66 Å². The highest BCUT2D eigenvalue weighted by Gasteiger charge is 2.52. The van der Waals surface area contributed by atoms with Gasteiger partial charge < -0.3 is 10.6 Å². The molecule has 0 radical (unpaired) electrons. The van der Waals surface area contributed by atoms with Crippen LogP contribution in [0.5, 0.6) is 0 Å². The first-order valence-corrected chi connectivity index (χ1v) is 4.11. The molecule has 2 N–H and O–H groups in total. The number of rotatable bonds is 0. The standard InChI is InChI=1S/C5H5Cl3N2O2/c1-4(5(6,7)8)9-2(11)3(12)10-4/h1H3,(H,9,11)(H,10,12). The molecule has 1 saturated heterocycles. The Balaban J connectivity index is 2.91. The second kappa shape index (κ2) is 2.65. The molecule has 0 spiro atoms. The smallest absolute Gasteiger partial charge is 0.311 e. The van der Waals surface area contributed by atoms with Gasteiger partial charge in [-0.2, -0.15) is 0 Å². The van der Waals surface area contributed by atoms with E-state index in [0.717, 1.165) is 0 Å². The minimum Gasteiger partial charge on any atom is -0.322 e. The molecule has 0 saturated carbocycles. The van der Waals surface area contributed by atoms with Crippen molar-refractivity contribution in [3.63, 3.8) is 0 Å². The summed E-state index contributed by atoms with van der Waals surface area (Å²) in [6.07, 6.45) is 0. The molecule has 1 rings (SSSR count). The van der Waals surface area contributed by atoms with Crippen molar-refractivity contribution in [1.82, 2.24) is 10.6 Å². The Morgan fingerprint density at radius 2 is 1.50 bits per heavy atom. The molecule has 7 heteroatoms. The van der Waals surface area contributed by atoms with Crippen LogP contribution in [0, 0.1) is 0 Å². The number of carbonyl (C=O) groups excluding carboxylic acids is 2. The molecule has 1 heterocycles.